The maximum absolute atomic E-state index is 12.4. The first-order valence-electron chi connectivity index (χ1n) is 5.55. The van der Waals surface area contributed by atoms with E-state index in [2.05, 4.69) is 0 Å². The van der Waals surface area contributed by atoms with Gasteiger partial charge in [-0.3, -0.25) is 4.67 Å². The van der Waals surface area contributed by atoms with Crippen LogP contribution in [0.1, 0.15) is 0 Å². The van der Waals surface area contributed by atoms with Gasteiger partial charge in [-0.15, -0.1) is 0 Å². The largest absolute Gasteiger partial charge is 0.300 e. The summed E-state index contributed by atoms with van der Waals surface area (Å²) >= 11 is 0. The summed E-state index contributed by atoms with van der Waals surface area (Å²) in [5.41, 5.74) is 1.93. The van der Waals surface area contributed by atoms with Crippen LogP contribution in [0, 0.1) is 0 Å². The average molecular weight is 245 g/mol. The van der Waals surface area contributed by atoms with Gasteiger partial charge in [-0.1, -0.05) is 36.4 Å². The molecule has 0 aliphatic carbocycles. The highest BCUT2D eigenvalue weighted by Gasteiger charge is 2.21. The quantitative estimate of drug-likeness (QED) is 0.749. The monoisotopic (exact) mass is 245 g/mol. The van der Waals surface area contributed by atoms with E-state index in [0.29, 0.717) is 0 Å². The SMILES string of the molecule is CP(C)(=O)N(c1ccccc1)c1ccccc1. The van der Waals surface area contributed by atoms with Crippen molar-refractivity contribution in [3.63, 3.8) is 0 Å². The molecule has 0 saturated carbocycles. The Hall–Kier alpha value is -1.53. The molecule has 0 heterocycles. The number of benzene rings is 2. The number of hydrogen-bond acceptors (Lipinski definition) is 1. The van der Waals surface area contributed by atoms with E-state index in [9.17, 15) is 4.57 Å². The number of para-hydroxylation sites is 2. The molecule has 0 fully saturated rings. The molecule has 88 valence electrons. The lowest BCUT2D eigenvalue weighted by Gasteiger charge is -2.28. The summed E-state index contributed by atoms with van der Waals surface area (Å²) in [7, 11) is -2.39. The van der Waals surface area contributed by atoms with Crippen LogP contribution in [0.25, 0.3) is 0 Å². The van der Waals surface area contributed by atoms with Crippen molar-refractivity contribution >= 4 is 18.7 Å². The Labute approximate surface area is 102 Å². The predicted molar refractivity (Wildman–Crippen MR) is 74.5 cm³/mol. The fraction of sp³-hybridized carbons (Fsp3) is 0.143. The molecule has 0 N–H and O–H groups in total. The molecular weight excluding hydrogens is 229 g/mol. The standard InChI is InChI=1S/C14H16NOP/c1-17(2,16)15(13-9-5-3-6-10-13)14-11-7-4-8-12-14/h3-12H,1-2H3. The van der Waals surface area contributed by atoms with Gasteiger partial charge >= 0.3 is 0 Å². The first-order chi connectivity index (χ1) is 8.09. The van der Waals surface area contributed by atoms with Gasteiger partial charge in [0.1, 0.15) is 0 Å². The topological polar surface area (TPSA) is 20.3 Å². The first kappa shape index (κ1) is 11.9. The van der Waals surface area contributed by atoms with Crippen LogP contribution in [0.5, 0.6) is 0 Å². The van der Waals surface area contributed by atoms with Crippen LogP contribution in [0.2, 0.25) is 0 Å². The Bertz CT molecular complexity index is 479. The lowest BCUT2D eigenvalue weighted by molar-refractivity contribution is 0.582. The predicted octanol–water partition coefficient (Wildman–Crippen LogP) is 4.36. The van der Waals surface area contributed by atoms with Gasteiger partial charge in [-0.25, -0.2) is 0 Å². The summed E-state index contributed by atoms with van der Waals surface area (Å²) < 4.78 is 14.4. The number of nitrogens with zero attached hydrogens (tertiary/aromatic N) is 1. The van der Waals surface area contributed by atoms with Crippen molar-refractivity contribution in [1.82, 2.24) is 0 Å². The van der Waals surface area contributed by atoms with Crippen molar-refractivity contribution in [3.05, 3.63) is 60.7 Å². The van der Waals surface area contributed by atoms with Crippen molar-refractivity contribution in [2.75, 3.05) is 18.0 Å². The summed E-state index contributed by atoms with van der Waals surface area (Å²) in [5, 5.41) is 0. The van der Waals surface area contributed by atoms with Crippen LogP contribution in [0.4, 0.5) is 11.4 Å². The summed E-state index contributed by atoms with van der Waals surface area (Å²) in [5.74, 6) is 0. The molecule has 0 unspecified atom stereocenters. The van der Waals surface area contributed by atoms with Gasteiger partial charge in [-0.05, 0) is 24.3 Å². The second kappa shape index (κ2) is 4.77. The van der Waals surface area contributed by atoms with E-state index in [4.69, 9.17) is 0 Å². The third kappa shape index (κ3) is 2.78. The molecule has 0 spiro atoms. The molecule has 3 heteroatoms. The van der Waals surface area contributed by atoms with Gasteiger partial charge < -0.3 is 4.57 Å². The third-order valence-corrected chi connectivity index (χ3v) is 3.91. The van der Waals surface area contributed by atoms with Crippen molar-refractivity contribution in [3.8, 4) is 0 Å². The van der Waals surface area contributed by atoms with E-state index in [1.165, 1.54) is 0 Å². The molecule has 2 aromatic rings. The molecule has 2 nitrogen and oxygen atoms in total. The fourth-order valence-corrected chi connectivity index (χ4v) is 3.22. The zero-order valence-corrected chi connectivity index (χ0v) is 11.0. The minimum atomic E-state index is -2.39. The van der Waals surface area contributed by atoms with E-state index < -0.39 is 7.29 Å². The van der Waals surface area contributed by atoms with Crippen LogP contribution < -0.4 is 4.67 Å². The zero-order chi connectivity index (χ0) is 12.3. The molecule has 0 atom stereocenters. The molecule has 0 aromatic heterocycles. The normalized spacial score (nSPS) is 11.2. The Morgan fingerprint density at radius 2 is 1.12 bits per heavy atom. The van der Waals surface area contributed by atoms with E-state index >= 15 is 0 Å². The van der Waals surface area contributed by atoms with Crippen LogP contribution in [0.15, 0.2) is 60.7 Å². The minimum absolute atomic E-state index is 0.965. The maximum atomic E-state index is 12.4. The van der Waals surface area contributed by atoms with Gasteiger partial charge in [0.25, 0.3) is 0 Å². The third-order valence-electron chi connectivity index (χ3n) is 2.48. The summed E-state index contributed by atoms with van der Waals surface area (Å²) in [4.78, 5) is 0. The van der Waals surface area contributed by atoms with Crippen LogP contribution >= 0.6 is 7.29 Å². The average Bonchev–Trinajstić information content (AvgIpc) is 2.30. The van der Waals surface area contributed by atoms with Gasteiger partial charge in [0.15, 0.2) is 7.29 Å². The van der Waals surface area contributed by atoms with Gasteiger partial charge in [0, 0.05) is 24.7 Å². The van der Waals surface area contributed by atoms with E-state index in [1.54, 1.807) is 13.3 Å². The number of hydrogen-bond donors (Lipinski definition) is 0. The Kier molecular flexibility index (Phi) is 3.35. The smallest absolute Gasteiger partial charge is 0.170 e. The van der Waals surface area contributed by atoms with E-state index in [-0.39, 0.29) is 0 Å². The second-order valence-electron chi connectivity index (χ2n) is 4.28. The summed E-state index contributed by atoms with van der Waals surface area (Å²) in [6.45, 7) is 3.57. The highest BCUT2D eigenvalue weighted by Crippen LogP contribution is 2.50. The van der Waals surface area contributed by atoms with Crippen molar-refractivity contribution < 1.29 is 4.57 Å². The van der Waals surface area contributed by atoms with Gasteiger partial charge in [0.2, 0.25) is 0 Å². The second-order valence-corrected chi connectivity index (χ2v) is 7.26. The van der Waals surface area contributed by atoms with Crippen molar-refractivity contribution in [2.24, 2.45) is 0 Å². The molecular formula is C14H16NOP. The van der Waals surface area contributed by atoms with Crippen molar-refractivity contribution in [2.45, 2.75) is 0 Å². The molecule has 2 aromatic carbocycles. The van der Waals surface area contributed by atoms with Gasteiger partial charge in [0.05, 0.1) is 0 Å². The van der Waals surface area contributed by atoms with Crippen molar-refractivity contribution in [1.29, 1.82) is 0 Å². The molecule has 0 saturated heterocycles. The molecule has 0 aliphatic rings. The summed E-state index contributed by atoms with van der Waals surface area (Å²) in [6, 6.07) is 19.7. The van der Waals surface area contributed by atoms with Gasteiger partial charge in [-0.2, -0.15) is 0 Å². The number of rotatable bonds is 3. The first-order valence-corrected chi connectivity index (χ1v) is 8.10. The Morgan fingerprint density at radius 1 is 0.765 bits per heavy atom. The fourth-order valence-electron chi connectivity index (χ4n) is 1.84. The zero-order valence-electron chi connectivity index (χ0n) is 10.1. The van der Waals surface area contributed by atoms with Crippen LogP contribution in [-0.2, 0) is 4.57 Å². The minimum Gasteiger partial charge on any atom is -0.300 e. The molecule has 17 heavy (non-hydrogen) atoms. The molecule has 0 radical (unpaired) electrons. The molecule has 0 amide bonds. The van der Waals surface area contributed by atoms with E-state index in [1.807, 2.05) is 65.3 Å². The Morgan fingerprint density at radius 3 is 1.41 bits per heavy atom. The lowest BCUT2D eigenvalue weighted by atomic mass is 10.3. The maximum Gasteiger partial charge on any atom is 0.170 e. The highest BCUT2D eigenvalue weighted by atomic mass is 31.2. The van der Waals surface area contributed by atoms with Crippen LogP contribution in [0.3, 0.4) is 0 Å². The molecule has 0 bridgehead atoms. The molecule has 2 rings (SSSR count). The van der Waals surface area contributed by atoms with E-state index in [0.717, 1.165) is 11.4 Å². The van der Waals surface area contributed by atoms with Crippen LogP contribution in [-0.4, -0.2) is 13.3 Å². The number of anilines is 2. The Balaban J connectivity index is 2.52. The lowest BCUT2D eigenvalue weighted by Crippen LogP contribution is -2.11. The summed E-state index contributed by atoms with van der Waals surface area (Å²) in [6.07, 6.45) is 0. The highest BCUT2D eigenvalue weighted by molar-refractivity contribution is 7.64. The molecule has 0 aliphatic heterocycles.